The van der Waals surface area contributed by atoms with Gasteiger partial charge >= 0.3 is 0 Å². The predicted molar refractivity (Wildman–Crippen MR) is 66.8 cm³/mol. The Balaban J connectivity index is 2.84. The summed E-state index contributed by atoms with van der Waals surface area (Å²) in [5, 5.41) is 17.5. The van der Waals surface area contributed by atoms with E-state index in [0.29, 0.717) is 24.2 Å². The van der Waals surface area contributed by atoms with Gasteiger partial charge in [-0.3, -0.25) is 4.79 Å². The van der Waals surface area contributed by atoms with E-state index in [1.54, 1.807) is 17.0 Å². The molecule has 1 aromatic rings. The Hall–Kier alpha value is -1.93. The summed E-state index contributed by atoms with van der Waals surface area (Å²) in [5.74, 6) is -0.178. The van der Waals surface area contributed by atoms with Crippen molar-refractivity contribution in [2.45, 2.75) is 26.3 Å². The summed E-state index contributed by atoms with van der Waals surface area (Å²) in [4.78, 5) is 17.8. The molecule has 0 fully saturated rings. The van der Waals surface area contributed by atoms with Crippen molar-refractivity contribution in [3.8, 4) is 6.07 Å². The first-order valence-electron chi connectivity index (χ1n) is 5.88. The molecule has 1 amide bonds. The minimum atomic E-state index is -0.178. The van der Waals surface area contributed by atoms with Crippen LogP contribution in [-0.4, -0.2) is 40.1 Å². The van der Waals surface area contributed by atoms with E-state index in [-0.39, 0.29) is 18.6 Å². The van der Waals surface area contributed by atoms with Crippen molar-refractivity contribution >= 4 is 5.91 Å². The molecule has 1 aromatic heterocycles. The van der Waals surface area contributed by atoms with Crippen molar-refractivity contribution < 1.29 is 9.90 Å². The van der Waals surface area contributed by atoms with Crippen molar-refractivity contribution in [3.63, 3.8) is 0 Å². The number of hydrogen-bond acceptors (Lipinski definition) is 4. The minimum absolute atomic E-state index is 0.0430. The number of carbonyl (C=O) groups excluding carboxylic acids is 1. The zero-order valence-electron chi connectivity index (χ0n) is 10.6. The molecule has 0 radical (unpaired) electrons. The second kappa shape index (κ2) is 6.72. The molecule has 5 nitrogen and oxygen atoms in total. The van der Waals surface area contributed by atoms with E-state index in [0.717, 1.165) is 0 Å². The van der Waals surface area contributed by atoms with Crippen LogP contribution >= 0.6 is 0 Å². The van der Waals surface area contributed by atoms with Crippen molar-refractivity contribution in [3.05, 3.63) is 29.6 Å². The van der Waals surface area contributed by atoms with Crippen molar-refractivity contribution in [1.29, 1.82) is 5.26 Å². The Morgan fingerprint density at radius 2 is 2.28 bits per heavy atom. The number of hydrogen-bond donors (Lipinski definition) is 1. The highest BCUT2D eigenvalue weighted by atomic mass is 16.3. The predicted octanol–water partition coefficient (Wildman–Crippen LogP) is 1.19. The molecule has 0 aliphatic heterocycles. The highest BCUT2D eigenvalue weighted by Gasteiger charge is 2.19. The maximum absolute atomic E-state index is 12.2. The average molecular weight is 247 g/mol. The molecule has 0 bridgehead atoms. The molecular weight excluding hydrogens is 230 g/mol. The lowest BCUT2D eigenvalue weighted by molar-refractivity contribution is 0.0687. The molecule has 1 rings (SSSR count). The van der Waals surface area contributed by atoms with Crippen LogP contribution in [0.3, 0.4) is 0 Å². The average Bonchev–Trinajstić information content (AvgIpc) is 2.38. The summed E-state index contributed by atoms with van der Waals surface area (Å²) in [6.07, 6.45) is 1.93. The molecule has 0 unspecified atom stereocenters. The van der Waals surface area contributed by atoms with Crippen molar-refractivity contribution in [2.24, 2.45) is 0 Å². The van der Waals surface area contributed by atoms with Crippen LogP contribution in [0.1, 0.15) is 36.3 Å². The molecule has 0 atom stereocenters. The second-order valence-corrected chi connectivity index (χ2v) is 4.21. The molecule has 1 heterocycles. The maximum Gasteiger partial charge on any atom is 0.272 e. The third-order valence-electron chi connectivity index (χ3n) is 2.55. The number of nitrogens with zero attached hydrogens (tertiary/aromatic N) is 3. The quantitative estimate of drug-likeness (QED) is 0.847. The number of pyridine rings is 1. The van der Waals surface area contributed by atoms with E-state index >= 15 is 0 Å². The Bertz CT molecular complexity index is 435. The summed E-state index contributed by atoms with van der Waals surface area (Å²) in [5.41, 5.74) is 0.749. The summed E-state index contributed by atoms with van der Waals surface area (Å²) >= 11 is 0. The molecule has 0 saturated carbocycles. The van der Waals surface area contributed by atoms with Gasteiger partial charge in [-0.05, 0) is 32.4 Å². The fraction of sp³-hybridized carbons (Fsp3) is 0.462. The van der Waals surface area contributed by atoms with Crippen LogP contribution in [0.25, 0.3) is 0 Å². The number of amides is 1. The van der Waals surface area contributed by atoms with Crippen LogP contribution in [0.4, 0.5) is 0 Å². The van der Waals surface area contributed by atoms with E-state index < -0.39 is 0 Å². The van der Waals surface area contributed by atoms with Gasteiger partial charge in [-0.2, -0.15) is 5.26 Å². The van der Waals surface area contributed by atoms with E-state index in [4.69, 9.17) is 10.4 Å². The highest BCUT2D eigenvalue weighted by molar-refractivity contribution is 5.92. The first-order valence-corrected chi connectivity index (χ1v) is 5.88. The monoisotopic (exact) mass is 247 g/mol. The molecule has 1 N–H and O–H groups in total. The summed E-state index contributed by atoms with van der Waals surface area (Å²) in [6.45, 7) is 4.38. The van der Waals surface area contributed by atoms with Gasteiger partial charge in [0.25, 0.3) is 5.91 Å². The van der Waals surface area contributed by atoms with Crippen LogP contribution < -0.4 is 0 Å². The molecule has 0 aliphatic rings. The fourth-order valence-electron chi connectivity index (χ4n) is 1.57. The Labute approximate surface area is 107 Å². The third kappa shape index (κ3) is 3.54. The third-order valence-corrected chi connectivity index (χ3v) is 2.55. The largest absolute Gasteiger partial charge is 0.396 e. The normalized spacial score (nSPS) is 10.2. The molecular formula is C13H17N3O2. The van der Waals surface area contributed by atoms with Crippen LogP contribution in [-0.2, 0) is 0 Å². The van der Waals surface area contributed by atoms with E-state index in [2.05, 4.69) is 4.98 Å². The number of aliphatic hydroxyl groups excluding tert-OH is 1. The number of carbonyl (C=O) groups is 1. The van der Waals surface area contributed by atoms with E-state index in [9.17, 15) is 4.79 Å². The van der Waals surface area contributed by atoms with Crippen molar-refractivity contribution in [2.75, 3.05) is 13.2 Å². The molecule has 0 saturated heterocycles. The molecule has 0 aromatic carbocycles. The lowest BCUT2D eigenvalue weighted by Gasteiger charge is -2.26. The van der Waals surface area contributed by atoms with Gasteiger partial charge in [-0.15, -0.1) is 0 Å². The summed E-state index contributed by atoms with van der Waals surface area (Å²) in [7, 11) is 0. The number of aliphatic hydroxyl groups is 1. The topological polar surface area (TPSA) is 77.2 Å². The van der Waals surface area contributed by atoms with Crippen LogP contribution in [0.15, 0.2) is 18.3 Å². The van der Waals surface area contributed by atoms with Gasteiger partial charge in [0.15, 0.2) is 0 Å². The Morgan fingerprint density at radius 1 is 1.56 bits per heavy atom. The van der Waals surface area contributed by atoms with Crippen LogP contribution in [0, 0.1) is 11.3 Å². The minimum Gasteiger partial charge on any atom is -0.396 e. The Kier molecular flexibility index (Phi) is 5.28. The van der Waals surface area contributed by atoms with Gasteiger partial charge in [0.05, 0.1) is 5.56 Å². The molecule has 0 spiro atoms. The van der Waals surface area contributed by atoms with Gasteiger partial charge < -0.3 is 10.0 Å². The van der Waals surface area contributed by atoms with Gasteiger partial charge in [-0.25, -0.2) is 4.98 Å². The standard InChI is InChI=1S/C13H17N3O2/c1-10(2)16(6-3-7-17)13(18)12-5-4-11(8-14)9-15-12/h4-5,9-10,17H,3,6-7H2,1-2H3. The lowest BCUT2D eigenvalue weighted by atomic mass is 10.2. The highest BCUT2D eigenvalue weighted by Crippen LogP contribution is 2.08. The Morgan fingerprint density at radius 3 is 2.72 bits per heavy atom. The number of aromatic nitrogens is 1. The smallest absolute Gasteiger partial charge is 0.272 e. The first-order chi connectivity index (χ1) is 8.60. The zero-order valence-corrected chi connectivity index (χ0v) is 10.6. The maximum atomic E-state index is 12.2. The molecule has 18 heavy (non-hydrogen) atoms. The number of rotatable bonds is 5. The van der Waals surface area contributed by atoms with E-state index in [1.165, 1.54) is 6.20 Å². The molecule has 96 valence electrons. The molecule has 5 heteroatoms. The second-order valence-electron chi connectivity index (χ2n) is 4.21. The van der Waals surface area contributed by atoms with Crippen LogP contribution in [0.2, 0.25) is 0 Å². The SMILES string of the molecule is CC(C)N(CCCO)C(=O)c1ccc(C#N)cn1. The molecule has 0 aliphatic carbocycles. The van der Waals surface area contributed by atoms with Crippen molar-refractivity contribution in [1.82, 2.24) is 9.88 Å². The van der Waals surface area contributed by atoms with Gasteiger partial charge in [0.2, 0.25) is 0 Å². The fourth-order valence-corrected chi connectivity index (χ4v) is 1.57. The van der Waals surface area contributed by atoms with Crippen LogP contribution in [0.5, 0.6) is 0 Å². The summed E-state index contributed by atoms with van der Waals surface area (Å²) in [6, 6.07) is 5.13. The zero-order chi connectivity index (χ0) is 13.5. The number of nitriles is 1. The van der Waals surface area contributed by atoms with E-state index in [1.807, 2.05) is 19.9 Å². The van der Waals surface area contributed by atoms with Gasteiger partial charge in [0, 0.05) is 25.4 Å². The summed E-state index contributed by atoms with van der Waals surface area (Å²) < 4.78 is 0. The lowest BCUT2D eigenvalue weighted by Crippen LogP contribution is -2.38. The van der Waals surface area contributed by atoms with Gasteiger partial charge in [-0.1, -0.05) is 0 Å². The first kappa shape index (κ1) is 14.1. The van der Waals surface area contributed by atoms with Gasteiger partial charge in [0.1, 0.15) is 11.8 Å².